The predicted octanol–water partition coefficient (Wildman–Crippen LogP) is 9.06. The molecule has 0 fully saturated rings. The Labute approximate surface area is 240 Å². The van der Waals surface area contributed by atoms with Crippen LogP contribution in [-0.2, 0) is 19.1 Å². The summed E-state index contributed by atoms with van der Waals surface area (Å²) in [6, 6.07) is 0. The summed E-state index contributed by atoms with van der Waals surface area (Å²) in [5, 5.41) is 11.0. The first kappa shape index (κ1) is 37.1. The lowest BCUT2D eigenvalue weighted by atomic mass is 10.0. The molecular formula is C33H61NO5. The zero-order valence-corrected chi connectivity index (χ0v) is 25.5. The summed E-state index contributed by atoms with van der Waals surface area (Å²) < 4.78 is 5.80. The quantitative estimate of drug-likeness (QED) is 0.0549. The number of hydrogen-bond acceptors (Lipinski definition) is 4. The van der Waals surface area contributed by atoms with Crippen molar-refractivity contribution in [3.05, 3.63) is 12.2 Å². The van der Waals surface area contributed by atoms with Crippen molar-refractivity contribution in [3.63, 3.8) is 0 Å². The smallest absolute Gasteiger partial charge is 0.322 e. The van der Waals surface area contributed by atoms with E-state index in [1.165, 1.54) is 77.0 Å². The third kappa shape index (κ3) is 29.0. The van der Waals surface area contributed by atoms with Crippen molar-refractivity contribution >= 4 is 17.8 Å². The van der Waals surface area contributed by atoms with E-state index in [4.69, 9.17) is 9.84 Å². The van der Waals surface area contributed by atoms with Crippen molar-refractivity contribution in [1.29, 1.82) is 0 Å². The van der Waals surface area contributed by atoms with Crippen LogP contribution >= 0.6 is 0 Å². The van der Waals surface area contributed by atoms with Gasteiger partial charge in [-0.1, -0.05) is 129 Å². The van der Waals surface area contributed by atoms with E-state index in [2.05, 4.69) is 31.3 Å². The van der Waals surface area contributed by atoms with E-state index in [9.17, 15) is 14.4 Å². The number of carboxylic acids is 1. The Morgan fingerprint density at radius 1 is 0.667 bits per heavy atom. The van der Waals surface area contributed by atoms with Gasteiger partial charge in [0, 0.05) is 12.8 Å². The number of carbonyl (C=O) groups is 3. The lowest BCUT2D eigenvalue weighted by molar-refractivity contribution is -0.147. The van der Waals surface area contributed by atoms with Crippen LogP contribution in [0.25, 0.3) is 0 Å². The highest BCUT2D eigenvalue weighted by Gasteiger charge is 2.12. The lowest BCUT2D eigenvalue weighted by Crippen LogP contribution is -2.28. The number of ether oxygens (including phenoxy) is 1. The Kier molecular flexibility index (Phi) is 27.8. The Bertz CT molecular complexity index is 619. The van der Waals surface area contributed by atoms with Gasteiger partial charge in [-0.2, -0.15) is 0 Å². The summed E-state index contributed by atoms with van der Waals surface area (Å²) in [6.45, 7) is 4.11. The third-order valence-electron chi connectivity index (χ3n) is 7.17. The molecule has 0 aliphatic heterocycles. The molecule has 6 nitrogen and oxygen atoms in total. The molecule has 0 saturated carbocycles. The number of rotatable bonds is 29. The second kappa shape index (κ2) is 29.1. The molecule has 1 atom stereocenters. The first-order valence-corrected chi connectivity index (χ1v) is 16.3. The number of nitrogens with one attached hydrogen (secondary N) is 1. The first-order chi connectivity index (χ1) is 19.0. The summed E-state index contributed by atoms with van der Waals surface area (Å²) in [4.78, 5) is 34.5. The summed E-state index contributed by atoms with van der Waals surface area (Å²) in [7, 11) is 0. The van der Waals surface area contributed by atoms with Crippen LogP contribution in [0.1, 0.15) is 168 Å². The monoisotopic (exact) mass is 551 g/mol. The average molecular weight is 552 g/mol. The molecule has 0 heterocycles. The number of esters is 1. The molecule has 0 aliphatic carbocycles. The first-order valence-electron chi connectivity index (χ1n) is 16.3. The summed E-state index contributed by atoms with van der Waals surface area (Å²) in [6.07, 6.45) is 30.8. The van der Waals surface area contributed by atoms with E-state index in [0.717, 1.165) is 64.2 Å². The Hall–Kier alpha value is -1.85. The van der Waals surface area contributed by atoms with Crippen molar-refractivity contribution in [2.45, 2.75) is 174 Å². The fraction of sp³-hybridized carbons (Fsp3) is 0.848. The van der Waals surface area contributed by atoms with Crippen LogP contribution < -0.4 is 5.32 Å². The van der Waals surface area contributed by atoms with E-state index in [1.807, 2.05) is 0 Å². The van der Waals surface area contributed by atoms with Crippen molar-refractivity contribution < 1.29 is 24.2 Å². The van der Waals surface area contributed by atoms with Crippen LogP contribution in [0.3, 0.4) is 0 Å². The Balaban J connectivity index is 3.92. The largest absolute Gasteiger partial charge is 0.480 e. The molecule has 228 valence electrons. The molecule has 0 aromatic heterocycles. The summed E-state index contributed by atoms with van der Waals surface area (Å²) in [5.74, 6) is -1.33. The van der Waals surface area contributed by atoms with Gasteiger partial charge in [-0.3, -0.25) is 14.4 Å². The van der Waals surface area contributed by atoms with Gasteiger partial charge in [-0.15, -0.1) is 0 Å². The molecule has 0 bridgehead atoms. The highest BCUT2D eigenvalue weighted by molar-refractivity contribution is 5.80. The summed E-state index contributed by atoms with van der Waals surface area (Å²) in [5.41, 5.74) is 0. The van der Waals surface area contributed by atoms with Crippen LogP contribution in [0, 0.1) is 0 Å². The molecule has 2 N–H and O–H groups in total. The zero-order chi connectivity index (χ0) is 28.8. The highest BCUT2D eigenvalue weighted by Crippen LogP contribution is 2.15. The number of hydrogen-bond donors (Lipinski definition) is 2. The van der Waals surface area contributed by atoms with Crippen molar-refractivity contribution in [2.24, 2.45) is 0 Å². The molecule has 0 aromatic rings. The summed E-state index contributed by atoms with van der Waals surface area (Å²) >= 11 is 0. The van der Waals surface area contributed by atoms with E-state index in [1.54, 1.807) is 0 Å². The fourth-order valence-corrected chi connectivity index (χ4v) is 4.70. The molecule has 1 unspecified atom stereocenters. The number of amides is 1. The normalized spacial score (nSPS) is 12.1. The Morgan fingerprint density at radius 3 is 1.69 bits per heavy atom. The number of carbonyl (C=O) groups excluding carboxylic acids is 2. The van der Waals surface area contributed by atoms with Gasteiger partial charge in [0.1, 0.15) is 12.6 Å². The number of unbranched alkanes of at least 4 members (excludes halogenated alkanes) is 18. The van der Waals surface area contributed by atoms with E-state index >= 15 is 0 Å². The van der Waals surface area contributed by atoms with Crippen LogP contribution in [0.2, 0.25) is 0 Å². The number of allylic oxidation sites excluding steroid dienone is 1. The van der Waals surface area contributed by atoms with Crippen molar-refractivity contribution in [1.82, 2.24) is 5.32 Å². The molecule has 1 amide bonds. The van der Waals surface area contributed by atoms with Crippen molar-refractivity contribution in [2.75, 3.05) is 6.54 Å². The van der Waals surface area contributed by atoms with Gasteiger partial charge in [-0.25, -0.2) is 0 Å². The zero-order valence-electron chi connectivity index (χ0n) is 25.5. The predicted molar refractivity (Wildman–Crippen MR) is 162 cm³/mol. The van der Waals surface area contributed by atoms with Crippen LogP contribution in [-0.4, -0.2) is 35.6 Å². The molecule has 6 heteroatoms. The second-order valence-electron chi connectivity index (χ2n) is 11.1. The minimum Gasteiger partial charge on any atom is -0.480 e. The van der Waals surface area contributed by atoms with Gasteiger partial charge in [-0.05, 0) is 38.2 Å². The lowest BCUT2D eigenvalue weighted by Gasteiger charge is -2.15. The second-order valence-corrected chi connectivity index (χ2v) is 11.1. The van der Waals surface area contributed by atoms with Crippen LogP contribution in [0.15, 0.2) is 12.2 Å². The van der Waals surface area contributed by atoms with Gasteiger partial charge in [0.2, 0.25) is 5.91 Å². The van der Waals surface area contributed by atoms with Crippen LogP contribution in [0.5, 0.6) is 0 Å². The number of carboxylic acid groups (broad SMARTS) is 1. The molecule has 0 spiro atoms. The highest BCUT2D eigenvalue weighted by atomic mass is 16.5. The van der Waals surface area contributed by atoms with Gasteiger partial charge in [0.25, 0.3) is 0 Å². The molecule has 39 heavy (non-hydrogen) atoms. The molecular weight excluding hydrogens is 490 g/mol. The van der Waals surface area contributed by atoms with E-state index in [-0.39, 0.29) is 24.5 Å². The third-order valence-corrected chi connectivity index (χ3v) is 7.17. The minimum absolute atomic E-state index is 0.0887. The minimum atomic E-state index is -1.03. The topological polar surface area (TPSA) is 92.7 Å². The van der Waals surface area contributed by atoms with E-state index in [0.29, 0.717) is 12.8 Å². The van der Waals surface area contributed by atoms with Crippen LogP contribution in [0.4, 0.5) is 0 Å². The van der Waals surface area contributed by atoms with E-state index < -0.39 is 5.97 Å². The van der Waals surface area contributed by atoms with Gasteiger partial charge in [0.05, 0.1) is 0 Å². The average Bonchev–Trinajstić information content (AvgIpc) is 2.91. The van der Waals surface area contributed by atoms with Gasteiger partial charge < -0.3 is 15.2 Å². The maximum atomic E-state index is 12.4. The SMILES string of the molecule is CCCC/C=C\C(CCCCCCC(=O)NCC(=O)O)OC(=O)CCCCCCCCCCCCCCCC. The maximum Gasteiger partial charge on any atom is 0.322 e. The fourth-order valence-electron chi connectivity index (χ4n) is 4.70. The number of aliphatic carboxylic acids is 1. The van der Waals surface area contributed by atoms with Crippen molar-refractivity contribution in [3.8, 4) is 0 Å². The molecule has 0 saturated heterocycles. The molecule has 0 radical (unpaired) electrons. The van der Waals surface area contributed by atoms with Gasteiger partial charge >= 0.3 is 11.9 Å². The van der Waals surface area contributed by atoms with Gasteiger partial charge in [0.15, 0.2) is 0 Å². The standard InChI is InChI=1S/C33H61NO5/c1-3-5-7-9-10-11-12-13-14-15-16-17-18-24-28-33(38)39-30(25-21-8-6-4-2)26-22-19-20-23-27-31(35)34-29-32(36)37/h21,25,30H,3-20,22-24,26-29H2,1-2H3,(H,34,35)(H,36,37)/b25-21-. The Morgan fingerprint density at radius 2 is 1.15 bits per heavy atom. The molecule has 0 aliphatic rings. The molecule has 0 rings (SSSR count). The maximum absolute atomic E-state index is 12.4. The molecule has 0 aromatic carbocycles.